The molecule has 62 valence electrons. The highest BCUT2D eigenvalue weighted by molar-refractivity contribution is 5.47. The van der Waals surface area contributed by atoms with Crippen LogP contribution in [0.15, 0.2) is 0 Å². The second-order valence-electron chi connectivity index (χ2n) is 2.38. The van der Waals surface area contributed by atoms with Crippen molar-refractivity contribution in [3.63, 3.8) is 0 Å². The minimum Gasteiger partial charge on any atom is -0.396 e. The van der Waals surface area contributed by atoms with Crippen molar-refractivity contribution in [1.29, 1.82) is 0 Å². The van der Waals surface area contributed by atoms with Gasteiger partial charge in [0.1, 0.15) is 12.3 Å². The average Bonchev–Trinajstić information content (AvgIpc) is 2.19. The number of hydrogen-bond donors (Lipinski definition) is 2. The molecule has 5 nitrogen and oxygen atoms in total. The summed E-state index contributed by atoms with van der Waals surface area (Å²) < 4.78 is 1.70. The molecule has 4 N–H and O–H groups in total. The van der Waals surface area contributed by atoms with E-state index in [4.69, 9.17) is 11.6 Å². The maximum absolute atomic E-state index is 5.67. The van der Waals surface area contributed by atoms with E-state index in [1.807, 2.05) is 14.0 Å². The maximum atomic E-state index is 5.67. The molecule has 0 bridgehead atoms. The average molecular weight is 156 g/mol. The maximum Gasteiger partial charge on any atom is 0.114 e. The van der Waals surface area contributed by atoms with Gasteiger partial charge in [0, 0.05) is 7.05 Å². The van der Waals surface area contributed by atoms with Crippen molar-refractivity contribution in [3.8, 4) is 0 Å². The van der Waals surface area contributed by atoms with Crippen LogP contribution in [0.1, 0.15) is 11.4 Å². The van der Waals surface area contributed by atoms with E-state index in [0.29, 0.717) is 11.4 Å². The van der Waals surface area contributed by atoms with E-state index in [0.717, 1.165) is 5.69 Å². The first-order valence-electron chi connectivity index (χ1n) is 3.26. The van der Waals surface area contributed by atoms with E-state index in [2.05, 4.69) is 9.94 Å². The second kappa shape index (κ2) is 2.89. The van der Waals surface area contributed by atoms with E-state index < -0.39 is 0 Å². The largest absolute Gasteiger partial charge is 0.396 e. The number of anilines is 1. The number of nitrogens with zero attached hydrogens (tertiary/aromatic N) is 2. The molecular formula is C6H12N4O. The number of hydrogen-bond acceptors (Lipinski definition) is 4. The fourth-order valence-electron chi connectivity index (χ4n) is 0.879. The van der Waals surface area contributed by atoms with Crippen LogP contribution in [-0.2, 0) is 18.5 Å². The van der Waals surface area contributed by atoms with Crippen molar-refractivity contribution in [2.75, 3.05) is 5.73 Å². The first kappa shape index (κ1) is 8.03. The van der Waals surface area contributed by atoms with Crippen molar-refractivity contribution in [3.05, 3.63) is 11.4 Å². The Morgan fingerprint density at radius 1 is 1.64 bits per heavy atom. The zero-order valence-electron chi connectivity index (χ0n) is 6.66. The lowest BCUT2D eigenvalue weighted by Gasteiger charge is -1.93. The molecular weight excluding hydrogens is 144 g/mol. The van der Waals surface area contributed by atoms with Gasteiger partial charge in [-0.05, 0) is 6.92 Å². The highest BCUT2D eigenvalue weighted by Crippen LogP contribution is 2.14. The zero-order chi connectivity index (χ0) is 8.43. The van der Waals surface area contributed by atoms with Crippen LogP contribution in [0.5, 0.6) is 0 Å². The molecule has 0 amide bonds. The lowest BCUT2D eigenvalue weighted by atomic mass is 10.3. The van der Waals surface area contributed by atoms with E-state index in [1.54, 1.807) is 4.68 Å². The molecule has 5 heteroatoms. The Morgan fingerprint density at radius 2 is 2.27 bits per heavy atom. The predicted molar refractivity (Wildman–Crippen MR) is 41.3 cm³/mol. The topological polar surface area (TPSA) is 79.1 Å². The molecule has 0 unspecified atom stereocenters. The quantitative estimate of drug-likeness (QED) is 0.576. The molecule has 0 saturated carbocycles. The Bertz CT molecular complexity index is 255. The smallest absolute Gasteiger partial charge is 0.114 e. The number of nitrogen functional groups attached to an aromatic ring is 1. The van der Waals surface area contributed by atoms with Gasteiger partial charge in [0.2, 0.25) is 0 Å². The van der Waals surface area contributed by atoms with E-state index in [1.165, 1.54) is 0 Å². The minimum absolute atomic E-state index is 0.257. The van der Waals surface area contributed by atoms with Crippen LogP contribution in [0, 0.1) is 6.92 Å². The Hall–Kier alpha value is -1.07. The third-order valence-corrected chi connectivity index (χ3v) is 1.68. The molecule has 0 aliphatic carbocycles. The van der Waals surface area contributed by atoms with Gasteiger partial charge in [-0.2, -0.15) is 5.10 Å². The van der Waals surface area contributed by atoms with Gasteiger partial charge in [-0.3, -0.25) is 9.52 Å². The monoisotopic (exact) mass is 156 g/mol. The fourth-order valence-corrected chi connectivity index (χ4v) is 0.879. The SMILES string of the molecule is Cc1c(N)c(CON)nn1C. The van der Waals surface area contributed by atoms with Gasteiger partial charge in [0.05, 0.1) is 11.4 Å². The Balaban J connectivity index is 2.98. The summed E-state index contributed by atoms with van der Waals surface area (Å²) in [5.74, 6) is 4.88. The number of rotatable bonds is 2. The molecule has 0 spiro atoms. The van der Waals surface area contributed by atoms with Crippen LogP contribution >= 0.6 is 0 Å². The van der Waals surface area contributed by atoms with Gasteiger partial charge in [-0.15, -0.1) is 0 Å². The van der Waals surface area contributed by atoms with Crippen molar-refractivity contribution in [2.24, 2.45) is 12.9 Å². The summed E-state index contributed by atoms with van der Waals surface area (Å²) in [6.07, 6.45) is 0. The summed E-state index contributed by atoms with van der Waals surface area (Å²) in [6.45, 7) is 2.15. The molecule has 1 aromatic heterocycles. The molecule has 0 atom stereocenters. The number of aryl methyl sites for hydroxylation is 1. The van der Waals surface area contributed by atoms with Gasteiger partial charge in [-0.25, -0.2) is 5.90 Å². The van der Waals surface area contributed by atoms with Gasteiger partial charge >= 0.3 is 0 Å². The Morgan fingerprint density at radius 3 is 2.64 bits per heavy atom. The molecule has 1 heterocycles. The van der Waals surface area contributed by atoms with Gasteiger partial charge in [0.25, 0.3) is 0 Å². The van der Waals surface area contributed by atoms with E-state index in [-0.39, 0.29) is 6.61 Å². The normalized spacial score (nSPS) is 10.5. The van der Waals surface area contributed by atoms with Crippen LogP contribution in [0.3, 0.4) is 0 Å². The Labute approximate surface area is 64.9 Å². The van der Waals surface area contributed by atoms with Crippen LogP contribution in [0.2, 0.25) is 0 Å². The van der Waals surface area contributed by atoms with E-state index >= 15 is 0 Å². The summed E-state index contributed by atoms with van der Waals surface area (Å²) in [6, 6.07) is 0. The second-order valence-corrected chi connectivity index (χ2v) is 2.38. The standard InChI is InChI=1S/C6H12N4O/c1-4-6(7)5(3-11-8)9-10(4)2/h3,7-8H2,1-2H3. The lowest BCUT2D eigenvalue weighted by molar-refractivity contribution is 0.121. The van der Waals surface area contributed by atoms with Crippen LogP contribution in [0.4, 0.5) is 5.69 Å². The zero-order valence-corrected chi connectivity index (χ0v) is 6.66. The molecule has 0 fully saturated rings. The van der Waals surface area contributed by atoms with Crippen LogP contribution in [-0.4, -0.2) is 9.78 Å². The number of aromatic nitrogens is 2. The van der Waals surface area contributed by atoms with Crippen LogP contribution in [0.25, 0.3) is 0 Å². The summed E-state index contributed by atoms with van der Waals surface area (Å²) in [5, 5.41) is 4.09. The summed E-state index contributed by atoms with van der Waals surface area (Å²) in [5.41, 5.74) is 7.94. The molecule has 0 aliphatic heterocycles. The van der Waals surface area contributed by atoms with Gasteiger partial charge in [-0.1, -0.05) is 0 Å². The molecule has 0 aromatic carbocycles. The highest BCUT2D eigenvalue weighted by Gasteiger charge is 2.08. The van der Waals surface area contributed by atoms with Gasteiger partial charge in [0.15, 0.2) is 0 Å². The first-order valence-corrected chi connectivity index (χ1v) is 3.26. The summed E-state index contributed by atoms with van der Waals surface area (Å²) in [4.78, 5) is 4.42. The fraction of sp³-hybridized carbons (Fsp3) is 0.500. The predicted octanol–water partition coefficient (Wildman–Crippen LogP) is -0.299. The summed E-state index contributed by atoms with van der Waals surface area (Å²) >= 11 is 0. The summed E-state index contributed by atoms with van der Waals surface area (Å²) in [7, 11) is 1.83. The highest BCUT2D eigenvalue weighted by atomic mass is 16.6. The molecule has 0 saturated heterocycles. The van der Waals surface area contributed by atoms with Crippen molar-refractivity contribution < 1.29 is 4.84 Å². The molecule has 1 rings (SSSR count). The van der Waals surface area contributed by atoms with Crippen molar-refractivity contribution in [2.45, 2.75) is 13.5 Å². The molecule has 0 aliphatic rings. The minimum atomic E-state index is 0.257. The molecule has 1 aromatic rings. The van der Waals surface area contributed by atoms with Crippen molar-refractivity contribution in [1.82, 2.24) is 9.78 Å². The van der Waals surface area contributed by atoms with Gasteiger partial charge < -0.3 is 5.73 Å². The lowest BCUT2D eigenvalue weighted by Crippen LogP contribution is -2.02. The van der Waals surface area contributed by atoms with Crippen molar-refractivity contribution >= 4 is 5.69 Å². The van der Waals surface area contributed by atoms with Crippen LogP contribution < -0.4 is 11.6 Å². The third-order valence-electron chi connectivity index (χ3n) is 1.68. The first-order chi connectivity index (χ1) is 5.16. The molecule has 0 radical (unpaired) electrons. The Kier molecular flexibility index (Phi) is 2.11. The third kappa shape index (κ3) is 1.33. The molecule has 11 heavy (non-hydrogen) atoms. The van der Waals surface area contributed by atoms with E-state index in [9.17, 15) is 0 Å². The number of nitrogens with two attached hydrogens (primary N) is 2.